The summed E-state index contributed by atoms with van der Waals surface area (Å²) < 4.78 is 1.96. The molecule has 140 valence electrons. The normalized spacial score (nSPS) is 11.8. The molecule has 0 saturated carbocycles. The first kappa shape index (κ1) is 19.5. The predicted molar refractivity (Wildman–Crippen MR) is 100 cm³/mol. The van der Waals surface area contributed by atoms with Gasteiger partial charge in [0.25, 0.3) is 0 Å². The zero-order chi connectivity index (χ0) is 18.8. The molecule has 3 N–H and O–H groups in total. The number of nitrogens with one attached hydrogen (secondary N) is 3. The van der Waals surface area contributed by atoms with Gasteiger partial charge in [-0.05, 0) is 17.9 Å². The van der Waals surface area contributed by atoms with Crippen LogP contribution in [-0.4, -0.2) is 34.1 Å². The van der Waals surface area contributed by atoms with Gasteiger partial charge in [-0.1, -0.05) is 44.2 Å². The van der Waals surface area contributed by atoms with E-state index in [1.165, 1.54) is 0 Å². The summed E-state index contributed by atoms with van der Waals surface area (Å²) in [5.74, 6) is -0.174. The summed E-state index contributed by atoms with van der Waals surface area (Å²) in [6, 6.07) is 8.72. The number of nitrogens with zero attached hydrogens (tertiary/aromatic N) is 2. The maximum Gasteiger partial charge on any atom is 0.315 e. The van der Waals surface area contributed by atoms with Gasteiger partial charge in [-0.2, -0.15) is 0 Å². The Hall–Kier alpha value is -2.83. The SMILES string of the molecule is CC(C)C(NC(=O)NCc1ccccc1)C(=O)NCCCn1ccnc1. The third-order valence-corrected chi connectivity index (χ3v) is 3.98. The van der Waals surface area contributed by atoms with Crippen LogP contribution >= 0.6 is 0 Å². The molecular formula is C19H27N5O2. The molecule has 7 nitrogen and oxygen atoms in total. The number of aromatic nitrogens is 2. The lowest BCUT2D eigenvalue weighted by Gasteiger charge is -2.22. The van der Waals surface area contributed by atoms with Gasteiger partial charge in [-0.25, -0.2) is 9.78 Å². The topological polar surface area (TPSA) is 88.0 Å². The second-order valence-electron chi connectivity index (χ2n) is 6.48. The van der Waals surface area contributed by atoms with Gasteiger partial charge < -0.3 is 20.5 Å². The fraction of sp³-hybridized carbons (Fsp3) is 0.421. The standard InChI is InChI=1S/C19H27N5O2/c1-15(2)17(18(25)21-9-6-11-24-12-10-20-14-24)23-19(26)22-13-16-7-4-3-5-8-16/h3-5,7-8,10,12,14-15,17H,6,9,11,13H2,1-2H3,(H,21,25)(H2,22,23,26). The van der Waals surface area contributed by atoms with E-state index in [-0.39, 0.29) is 17.9 Å². The van der Waals surface area contributed by atoms with Crippen LogP contribution in [0.4, 0.5) is 4.79 Å². The van der Waals surface area contributed by atoms with Crippen molar-refractivity contribution in [2.45, 2.75) is 39.4 Å². The van der Waals surface area contributed by atoms with E-state index in [1.807, 2.05) is 54.9 Å². The Balaban J connectivity index is 1.73. The van der Waals surface area contributed by atoms with Crippen molar-refractivity contribution in [2.24, 2.45) is 5.92 Å². The van der Waals surface area contributed by atoms with Gasteiger partial charge in [0.15, 0.2) is 0 Å². The maximum absolute atomic E-state index is 12.4. The number of rotatable bonds is 9. The van der Waals surface area contributed by atoms with Crippen LogP contribution in [0.25, 0.3) is 0 Å². The van der Waals surface area contributed by atoms with E-state index in [0.29, 0.717) is 13.1 Å². The highest BCUT2D eigenvalue weighted by molar-refractivity contribution is 5.87. The first-order chi connectivity index (χ1) is 12.6. The van der Waals surface area contributed by atoms with Gasteiger partial charge in [-0.15, -0.1) is 0 Å². The van der Waals surface area contributed by atoms with E-state index in [4.69, 9.17) is 0 Å². The molecule has 0 fully saturated rings. The molecule has 0 aliphatic heterocycles. The summed E-state index contributed by atoms with van der Waals surface area (Å²) in [4.78, 5) is 28.5. The lowest BCUT2D eigenvalue weighted by molar-refractivity contribution is -0.123. The van der Waals surface area contributed by atoms with Gasteiger partial charge in [0, 0.05) is 32.0 Å². The molecule has 26 heavy (non-hydrogen) atoms. The molecule has 0 bridgehead atoms. The minimum Gasteiger partial charge on any atom is -0.354 e. The van der Waals surface area contributed by atoms with Gasteiger partial charge >= 0.3 is 6.03 Å². The Labute approximate surface area is 154 Å². The molecule has 1 aromatic carbocycles. The van der Waals surface area contributed by atoms with Crippen molar-refractivity contribution in [1.29, 1.82) is 0 Å². The zero-order valence-corrected chi connectivity index (χ0v) is 15.3. The third kappa shape index (κ3) is 6.58. The quantitative estimate of drug-likeness (QED) is 0.599. The average molecular weight is 357 g/mol. The fourth-order valence-corrected chi connectivity index (χ4v) is 2.51. The van der Waals surface area contributed by atoms with E-state index in [0.717, 1.165) is 18.5 Å². The molecule has 7 heteroatoms. The third-order valence-electron chi connectivity index (χ3n) is 3.98. The van der Waals surface area contributed by atoms with E-state index in [2.05, 4.69) is 20.9 Å². The number of carbonyl (C=O) groups excluding carboxylic acids is 2. The highest BCUT2D eigenvalue weighted by Gasteiger charge is 2.23. The van der Waals surface area contributed by atoms with Crippen LogP contribution in [0.15, 0.2) is 49.1 Å². The van der Waals surface area contributed by atoms with Crippen LogP contribution in [0.3, 0.4) is 0 Å². The second kappa shape index (κ2) is 10.2. The van der Waals surface area contributed by atoms with Crippen molar-refractivity contribution in [3.63, 3.8) is 0 Å². The number of hydrogen-bond acceptors (Lipinski definition) is 3. The molecule has 2 aromatic rings. The highest BCUT2D eigenvalue weighted by Crippen LogP contribution is 2.03. The molecular weight excluding hydrogens is 330 g/mol. The molecule has 1 unspecified atom stereocenters. The summed E-state index contributed by atoms with van der Waals surface area (Å²) in [6.45, 7) is 5.58. The van der Waals surface area contributed by atoms with E-state index in [9.17, 15) is 9.59 Å². The minimum absolute atomic E-state index is 0.00822. The first-order valence-corrected chi connectivity index (χ1v) is 8.88. The van der Waals surface area contributed by atoms with Crippen LogP contribution < -0.4 is 16.0 Å². The summed E-state index contributed by atoms with van der Waals surface area (Å²) in [5, 5.41) is 8.44. The van der Waals surface area contributed by atoms with E-state index in [1.54, 1.807) is 12.5 Å². The molecule has 0 saturated heterocycles. The fourth-order valence-electron chi connectivity index (χ4n) is 2.51. The summed E-state index contributed by atoms with van der Waals surface area (Å²) in [7, 11) is 0. The lowest BCUT2D eigenvalue weighted by atomic mass is 10.0. The van der Waals surface area contributed by atoms with Gasteiger partial charge in [-0.3, -0.25) is 4.79 Å². The number of hydrogen-bond donors (Lipinski definition) is 3. The molecule has 1 heterocycles. The Morgan fingerprint density at radius 3 is 2.58 bits per heavy atom. The number of aryl methyl sites for hydroxylation is 1. The number of amides is 3. The van der Waals surface area contributed by atoms with Crippen LogP contribution in [0.2, 0.25) is 0 Å². The molecule has 3 amide bonds. The van der Waals surface area contributed by atoms with Crippen LogP contribution in [0, 0.1) is 5.92 Å². The number of carbonyl (C=O) groups is 2. The summed E-state index contributed by atoms with van der Waals surface area (Å²) >= 11 is 0. The largest absolute Gasteiger partial charge is 0.354 e. The summed E-state index contributed by atoms with van der Waals surface area (Å²) in [6.07, 6.45) is 6.16. The van der Waals surface area contributed by atoms with Crippen molar-refractivity contribution in [3.8, 4) is 0 Å². The first-order valence-electron chi connectivity index (χ1n) is 8.88. The minimum atomic E-state index is -0.570. The van der Waals surface area contributed by atoms with Crippen molar-refractivity contribution in [3.05, 3.63) is 54.6 Å². The lowest BCUT2D eigenvalue weighted by Crippen LogP contribution is -2.52. The number of urea groups is 1. The molecule has 0 aliphatic rings. The smallest absolute Gasteiger partial charge is 0.315 e. The second-order valence-corrected chi connectivity index (χ2v) is 6.48. The van der Waals surface area contributed by atoms with Gasteiger partial charge in [0.1, 0.15) is 6.04 Å². The summed E-state index contributed by atoms with van der Waals surface area (Å²) in [5.41, 5.74) is 1.01. The molecule has 1 aromatic heterocycles. The zero-order valence-electron chi connectivity index (χ0n) is 15.3. The molecule has 1 atom stereocenters. The monoisotopic (exact) mass is 357 g/mol. The number of benzene rings is 1. The Morgan fingerprint density at radius 1 is 1.15 bits per heavy atom. The van der Waals surface area contributed by atoms with E-state index < -0.39 is 6.04 Å². The maximum atomic E-state index is 12.4. The highest BCUT2D eigenvalue weighted by atomic mass is 16.2. The molecule has 0 spiro atoms. The van der Waals surface area contributed by atoms with Crippen LogP contribution in [0.1, 0.15) is 25.8 Å². The Kier molecular flexibility index (Phi) is 7.67. The van der Waals surface area contributed by atoms with Gasteiger partial charge in [0.05, 0.1) is 6.33 Å². The molecule has 2 rings (SSSR count). The van der Waals surface area contributed by atoms with E-state index >= 15 is 0 Å². The van der Waals surface area contributed by atoms with Crippen molar-refractivity contribution < 1.29 is 9.59 Å². The molecule has 0 radical (unpaired) electrons. The Morgan fingerprint density at radius 2 is 1.92 bits per heavy atom. The number of imidazole rings is 1. The molecule has 0 aliphatic carbocycles. The van der Waals surface area contributed by atoms with Crippen LogP contribution in [0.5, 0.6) is 0 Å². The van der Waals surface area contributed by atoms with Crippen molar-refractivity contribution in [1.82, 2.24) is 25.5 Å². The van der Waals surface area contributed by atoms with Crippen molar-refractivity contribution >= 4 is 11.9 Å². The van der Waals surface area contributed by atoms with Gasteiger partial charge in [0.2, 0.25) is 5.91 Å². The Bertz CT molecular complexity index is 671. The predicted octanol–water partition coefficient (Wildman–Crippen LogP) is 1.91. The average Bonchev–Trinajstić information content (AvgIpc) is 3.15. The van der Waals surface area contributed by atoms with Crippen molar-refractivity contribution in [2.75, 3.05) is 6.54 Å². The van der Waals surface area contributed by atoms with Crippen LogP contribution in [-0.2, 0) is 17.9 Å².